The molecule has 0 radical (unpaired) electrons. The Morgan fingerprint density at radius 3 is 2.48 bits per heavy atom. The number of aromatic nitrogens is 1. The van der Waals surface area contributed by atoms with Gasteiger partial charge in [-0.25, -0.2) is 4.98 Å². The zero-order chi connectivity index (χ0) is 20.9. The summed E-state index contributed by atoms with van der Waals surface area (Å²) in [5.74, 6) is 1.29. The second kappa shape index (κ2) is 10.9. The Morgan fingerprint density at radius 2 is 1.71 bits per heavy atom. The Balaban J connectivity index is 0.00000272. The Labute approximate surface area is 197 Å². The zero-order valence-corrected chi connectivity index (χ0v) is 19.1. The van der Waals surface area contributed by atoms with Gasteiger partial charge in [0, 0.05) is 23.5 Å². The monoisotopic (exact) mass is 479 g/mol. The highest BCUT2D eigenvalue weighted by Gasteiger charge is 2.22. The van der Waals surface area contributed by atoms with E-state index in [1.54, 1.807) is 18.2 Å². The number of pyridine rings is 1. The Kier molecular flexibility index (Phi) is 8.24. The molecule has 1 aromatic heterocycles. The van der Waals surface area contributed by atoms with Gasteiger partial charge in [-0.05, 0) is 56.0 Å². The highest BCUT2D eigenvalue weighted by molar-refractivity contribution is 6.42. The summed E-state index contributed by atoms with van der Waals surface area (Å²) < 4.78 is 5.50. The number of anilines is 1. The van der Waals surface area contributed by atoms with Crippen LogP contribution in [-0.4, -0.2) is 29.6 Å². The number of halogens is 3. The highest BCUT2D eigenvalue weighted by Crippen LogP contribution is 2.26. The molecule has 2 N–H and O–H groups in total. The van der Waals surface area contributed by atoms with Gasteiger partial charge in [-0.15, -0.1) is 12.4 Å². The molecule has 0 aliphatic heterocycles. The van der Waals surface area contributed by atoms with Gasteiger partial charge in [0.2, 0.25) is 0 Å². The number of fused-ring (bicyclic) bond motifs is 1. The van der Waals surface area contributed by atoms with Crippen molar-refractivity contribution in [2.45, 2.75) is 37.8 Å². The number of hydrogen-bond donors (Lipinski definition) is 2. The number of rotatable bonds is 6. The Morgan fingerprint density at radius 1 is 0.968 bits per heavy atom. The minimum absolute atomic E-state index is 0. The quantitative estimate of drug-likeness (QED) is 0.462. The first-order valence-electron chi connectivity index (χ1n) is 10.1. The van der Waals surface area contributed by atoms with Crippen molar-refractivity contribution in [3.63, 3.8) is 0 Å². The summed E-state index contributed by atoms with van der Waals surface area (Å²) in [6.07, 6.45) is 3.80. The van der Waals surface area contributed by atoms with Gasteiger partial charge < -0.3 is 15.4 Å². The molecule has 31 heavy (non-hydrogen) atoms. The number of carbonyl (C=O) groups excluding carboxylic acids is 1. The number of para-hydroxylation sites is 1. The van der Waals surface area contributed by atoms with Crippen LogP contribution in [0.15, 0.2) is 54.6 Å². The number of benzene rings is 2. The fraction of sp³-hybridized carbons (Fsp3) is 0.304. The Hall–Kier alpha value is -2.21. The van der Waals surface area contributed by atoms with E-state index in [2.05, 4.69) is 27.8 Å². The summed E-state index contributed by atoms with van der Waals surface area (Å²) in [4.78, 5) is 16.9. The predicted octanol–water partition coefficient (Wildman–Crippen LogP) is 5.88. The van der Waals surface area contributed by atoms with E-state index in [1.807, 2.05) is 24.3 Å². The highest BCUT2D eigenvalue weighted by atomic mass is 35.5. The minimum atomic E-state index is -0.131. The van der Waals surface area contributed by atoms with Gasteiger partial charge >= 0.3 is 0 Å². The summed E-state index contributed by atoms with van der Waals surface area (Å²) in [6, 6.07) is 17.7. The van der Waals surface area contributed by atoms with Crippen molar-refractivity contribution in [3.8, 4) is 5.75 Å². The van der Waals surface area contributed by atoms with Gasteiger partial charge in [0.1, 0.15) is 11.6 Å². The molecule has 1 fully saturated rings. The molecule has 164 valence electrons. The fourth-order valence-corrected chi connectivity index (χ4v) is 4.01. The first-order valence-corrected chi connectivity index (χ1v) is 10.8. The molecule has 8 heteroatoms. The second-order valence-corrected chi connectivity index (χ2v) is 8.33. The standard InChI is InChI=1S/C23H23Cl2N3O2.ClH/c24-19-11-10-18(13-20(19)25)30-14-23(29)27-17-8-6-16(7-9-17)26-22-12-5-15-3-1-2-4-21(15)28-22;/h1-5,10-13,16-17H,6-9,14H2,(H,26,28)(H,27,29);1H. The maximum absolute atomic E-state index is 12.2. The molecule has 1 aliphatic carbocycles. The lowest BCUT2D eigenvalue weighted by molar-refractivity contribution is -0.124. The van der Waals surface area contributed by atoms with E-state index in [-0.39, 0.29) is 31.0 Å². The van der Waals surface area contributed by atoms with Crippen molar-refractivity contribution in [1.82, 2.24) is 10.3 Å². The van der Waals surface area contributed by atoms with Crippen LogP contribution >= 0.6 is 35.6 Å². The van der Waals surface area contributed by atoms with Crippen molar-refractivity contribution in [3.05, 3.63) is 64.6 Å². The lowest BCUT2D eigenvalue weighted by Crippen LogP contribution is -2.42. The maximum Gasteiger partial charge on any atom is 0.258 e. The first-order chi connectivity index (χ1) is 14.6. The maximum atomic E-state index is 12.2. The zero-order valence-electron chi connectivity index (χ0n) is 16.8. The molecular weight excluding hydrogens is 457 g/mol. The number of nitrogens with one attached hydrogen (secondary N) is 2. The number of ether oxygens (including phenoxy) is 1. The van der Waals surface area contributed by atoms with Gasteiger partial charge in [-0.2, -0.15) is 0 Å². The smallest absolute Gasteiger partial charge is 0.258 e. The number of hydrogen-bond acceptors (Lipinski definition) is 4. The lowest BCUT2D eigenvalue weighted by Gasteiger charge is -2.30. The van der Waals surface area contributed by atoms with Gasteiger partial charge in [-0.1, -0.05) is 41.4 Å². The van der Waals surface area contributed by atoms with Gasteiger partial charge in [0.15, 0.2) is 6.61 Å². The number of nitrogens with zero attached hydrogens (tertiary/aromatic N) is 1. The van der Waals surface area contributed by atoms with E-state index in [9.17, 15) is 4.79 Å². The van der Waals surface area contributed by atoms with Gasteiger partial charge in [0.05, 0.1) is 15.6 Å². The molecule has 0 spiro atoms. The third-order valence-corrected chi connectivity index (χ3v) is 6.04. The third kappa shape index (κ3) is 6.39. The SMILES string of the molecule is Cl.O=C(COc1ccc(Cl)c(Cl)c1)NC1CCC(Nc2ccc3ccccc3n2)CC1. The minimum Gasteiger partial charge on any atom is -0.484 e. The molecule has 1 amide bonds. The molecule has 0 unspecified atom stereocenters. The molecular formula is C23H24Cl3N3O2. The molecule has 0 bridgehead atoms. The van der Waals surface area contributed by atoms with E-state index in [4.69, 9.17) is 27.9 Å². The van der Waals surface area contributed by atoms with E-state index in [0.717, 1.165) is 42.4 Å². The topological polar surface area (TPSA) is 63.2 Å². The van der Waals surface area contributed by atoms with Crippen molar-refractivity contribution in [2.75, 3.05) is 11.9 Å². The van der Waals surface area contributed by atoms with E-state index in [0.29, 0.717) is 21.8 Å². The molecule has 1 aliphatic rings. The number of amides is 1. The van der Waals surface area contributed by atoms with E-state index >= 15 is 0 Å². The summed E-state index contributed by atoms with van der Waals surface area (Å²) >= 11 is 11.8. The predicted molar refractivity (Wildman–Crippen MR) is 129 cm³/mol. The normalized spacial score (nSPS) is 18.1. The molecule has 4 rings (SSSR count). The van der Waals surface area contributed by atoms with Gasteiger partial charge in [-0.3, -0.25) is 4.79 Å². The average Bonchev–Trinajstić information content (AvgIpc) is 2.76. The number of carbonyl (C=O) groups is 1. The average molecular weight is 481 g/mol. The summed E-state index contributed by atoms with van der Waals surface area (Å²) in [5, 5.41) is 8.59. The van der Waals surface area contributed by atoms with Crippen molar-refractivity contribution in [1.29, 1.82) is 0 Å². The third-order valence-electron chi connectivity index (χ3n) is 5.30. The van der Waals surface area contributed by atoms with Crippen LogP contribution in [0.25, 0.3) is 10.9 Å². The largest absolute Gasteiger partial charge is 0.484 e. The van der Waals surface area contributed by atoms with Crippen molar-refractivity contribution < 1.29 is 9.53 Å². The van der Waals surface area contributed by atoms with Crippen LogP contribution in [0.3, 0.4) is 0 Å². The molecule has 5 nitrogen and oxygen atoms in total. The van der Waals surface area contributed by atoms with E-state index < -0.39 is 0 Å². The van der Waals surface area contributed by atoms with Gasteiger partial charge in [0.25, 0.3) is 5.91 Å². The van der Waals surface area contributed by atoms with Crippen LogP contribution in [0.2, 0.25) is 10.0 Å². The molecule has 0 saturated heterocycles. The van der Waals surface area contributed by atoms with Crippen molar-refractivity contribution >= 4 is 58.2 Å². The summed E-state index contributed by atoms with van der Waals surface area (Å²) in [5.41, 5.74) is 0.991. The summed E-state index contributed by atoms with van der Waals surface area (Å²) in [6.45, 7) is -0.0445. The van der Waals surface area contributed by atoms with Crippen LogP contribution in [0.5, 0.6) is 5.75 Å². The van der Waals surface area contributed by atoms with E-state index in [1.165, 1.54) is 0 Å². The van der Waals surface area contributed by atoms with Crippen LogP contribution in [0.1, 0.15) is 25.7 Å². The van der Waals surface area contributed by atoms with Crippen LogP contribution < -0.4 is 15.4 Å². The molecule has 1 saturated carbocycles. The Bertz CT molecular complexity index is 1040. The van der Waals surface area contributed by atoms with Crippen LogP contribution in [-0.2, 0) is 4.79 Å². The van der Waals surface area contributed by atoms with Crippen LogP contribution in [0, 0.1) is 0 Å². The molecule has 2 aromatic carbocycles. The van der Waals surface area contributed by atoms with Crippen LogP contribution in [0.4, 0.5) is 5.82 Å². The molecule has 0 atom stereocenters. The first kappa shape index (κ1) is 23.5. The molecule has 3 aromatic rings. The fourth-order valence-electron chi connectivity index (χ4n) is 3.72. The second-order valence-electron chi connectivity index (χ2n) is 7.51. The molecule has 1 heterocycles. The van der Waals surface area contributed by atoms with Crippen molar-refractivity contribution in [2.24, 2.45) is 0 Å². The lowest BCUT2D eigenvalue weighted by atomic mass is 9.91. The summed E-state index contributed by atoms with van der Waals surface area (Å²) in [7, 11) is 0.